The number of nitrogens with zero attached hydrogens (tertiary/aromatic N) is 2. The summed E-state index contributed by atoms with van der Waals surface area (Å²) in [6, 6.07) is 20.6. The first-order valence-electron chi connectivity index (χ1n) is 9.96. The first-order chi connectivity index (χ1) is 15.5. The van der Waals surface area contributed by atoms with Crippen LogP contribution in [0.5, 0.6) is 5.75 Å². The zero-order valence-electron chi connectivity index (χ0n) is 17.6. The van der Waals surface area contributed by atoms with E-state index in [1.807, 2.05) is 66.7 Å². The second-order valence-corrected chi connectivity index (χ2v) is 7.82. The maximum Gasteiger partial charge on any atom is 0.331 e. The van der Waals surface area contributed by atoms with Crippen molar-refractivity contribution in [1.29, 1.82) is 0 Å². The normalized spacial score (nSPS) is 10.7. The lowest BCUT2D eigenvalue weighted by atomic mass is 10.2. The molecule has 0 N–H and O–H groups in total. The molecule has 3 aromatic rings. The number of hydrogen-bond donors (Lipinski definition) is 0. The number of benzene rings is 2. The zero-order valence-corrected chi connectivity index (χ0v) is 19.2. The van der Waals surface area contributed by atoms with Gasteiger partial charge in [-0.1, -0.05) is 52.3 Å². The summed E-state index contributed by atoms with van der Waals surface area (Å²) < 4.78 is 11.7. The van der Waals surface area contributed by atoms with Crippen LogP contribution in [0.15, 0.2) is 83.5 Å². The van der Waals surface area contributed by atoms with Gasteiger partial charge in [-0.25, -0.2) is 4.79 Å². The Morgan fingerprint density at radius 2 is 1.78 bits per heavy atom. The largest absolute Gasteiger partial charge is 0.487 e. The predicted molar refractivity (Wildman–Crippen MR) is 126 cm³/mol. The minimum Gasteiger partial charge on any atom is -0.487 e. The van der Waals surface area contributed by atoms with Crippen LogP contribution in [0.4, 0.5) is 0 Å². The molecule has 0 aliphatic heterocycles. The Bertz CT molecular complexity index is 1070. The van der Waals surface area contributed by atoms with Crippen molar-refractivity contribution in [3.63, 3.8) is 0 Å². The lowest BCUT2D eigenvalue weighted by Gasteiger charge is -2.17. The zero-order chi connectivity index (χ0) is 22.8. The average Bonchev–Trinajstić information content (AvgIpc) is 2.82. The molecule has 0 fully saturated rings. The van der Waals surface area contributed by atoms with Crippen molar-refractivity contribution in [2.24, 2.45) is 0 Å². The smallest absolute Gasteiger partial charge is 0.331 e. The number of carbonyl (C=O) groups is 2. The number of carbonyl (C=O) groups excluding carboxylic acids is 2. The van der Waals surface area contributed by atoms with Crippen LogP contribution < -0.4 is 4.74 Å². The van der Waals surface area contributed by atoms with Crippen LogP contribution >= 0.6 is 15.9 Å². The van der Waals surface area contributed by atoms with Crippen LogP contribution in [0.25, 0.3) is 6.08 Å². The molecule has 0 bridgehead atoms. The fraction of sp³-hybridized carbons (Fsp3) is 0.160. The fourth-order valence-electron chi connectivity index (χ4n) is 2.74. The van der Waals surface area contributed by atoms with E-state index in [2.05, 4.69) is 20.9 Å². The van der Waals surface area contributed by atoms with Gasteiger partial charge in [-0.05, 0) is 47.5 Å². The highest BCUT2D eigenvalue weighted by atomic mass is 79.9. The first kappa shape index (κ1) is 23.2. The summed E-state index contributed by atoms with van der Waals surface area (Å²) in [7, 11) is 1.67. The second-order valence-electron chi connectivity index (χ2n) is 6.96. The Balaban J connectivity index is 1.42. The highest BCUT2D eigenvalue weighted by molar-refractivity contribution is 9.10. The lowest BCUT2D eigenvalue weighted by Crippen LogP contribution is -2.30. The van der Waals surface area contributed by atoms with Gasteiger partial charge in [-0.3, -0.25) is 9.78 Å². The van der Waals surface area contributed by atoms with Crippen LogP contribution in [-0.2, 0) is 27.5 Å². The molecule has 164 valence electrons. The average molecular weight is 495 g/mol. The molecular weight excluding hydrogens is 472 g/mol. The van der Waals surface area contributed by atoms with E-state index >= 15 is 0 Å². The first-order valence-corrected chi connectivity index (χ1v) is 10.8. The van der Waals surface area contributed by atoms with Crippen molar-refractivity contribution in [3.05, 3.63) is 100 Å². The number of pyridine rings is 1. The van der Waals surface area contributed by atoms with Crippen molar-refractivity contribution in [2.45, 2.75) is 13.2 Å². The molecule has 3 rings (SSSR count). The molecule has 1 aromatic heterocycles. The van der Waals surface area contributed by atoms with Crippen LogP contribution in [0.3, 0.4) is 0 Å². The number of aromatic nitrogens is 1. The minimum absolute atomic E-state index is 0.281. The van der Waals surface area contributed by atoms with Crippen LogP contribution in [-0.4, -0.2) is 35.4 Å². The predicted octanol–water partition coefficient (Wildman–Crippen LogP) is 4.64. The standard InChI is InChI=1S/C25H23BrN2O4/c1-28(16-20-6-2-3-8-23(20)26)24(29)18-32-25(30)14-11-19-9-12-22(13-10-19)31-17-21-7-4-5-15-27-21/h2-15H,16-18H2,1H3/b14-11+. The third kappa shape index (κ3) is 7.35. The SMILES string of the molecule is CN(Cc1ccccc1Br)C(=O)COC(=O)/C=C/c1ccc(OCc2ccccn2)cc1. The molecule has 0 aliphatic rings. The van der Waals surface area contributed by atoms with E-state index in [9.17, 15) is 9.59 Å². The maximum atomic E-state index is 12.2. The minimum atomic E-state index is -0.580. The fourth-order valence-corrected chi connectivity index (χ4v) is 3.15. The van der Waals surface area contributed by atoms with Gasteiger partial charge in [0.25, 0.3) is 5.91 Å². The number of likely N-dealkylation sites (N-methyl/N-ethyl adjacent to an activating group) is 1. The van der Waals surface area contributed by atoms with E-state index in [4.69, 9.17) is 9.47 Å². The van der Waals surface area contributed by atoms with Gasteiger partial charge in [0.2, 0.25) is 0 Å². The molecule has 0 radical (unpaired) electrons. The van der Waals surface area contributed by atoms with E-state index < -0.39 is 5.97 Å². The number of amides is 1. The van der Waals surface area contributed by atoms with Crippen molar-refractivity contribution in [3.8, 4) is 5.75 Å². The number of hydrogen-bond acceptors (Lipinski definition) is 5. The summed E-state index contributed by atoms with van der Waals surface area (Å²) in [6.45, 7) is 0.485. The van der Waals surface area contributed by atoms with Crippen LogP contribution in [0, 0.1) is 0 Å². The summed E-state index contributed by atoms with van der Waals surface area (Å²) >= 11 is 3.46. The molecule has 1 amide bonds. The summed E-state index contributed by atoms with van der Waals surface area (Å²) in [4.78, 5) is 29.9. The quantitative estimate of drug-likeness (QED) is 0.320. The summed E-state index contributed by atoms with van der Waals surface area (Å²) in [5, 5.41) is 0. The van der Waals surface area contributed by atoms with Gasteiger partial charge in [0.1, 0.15) is 12.4 Å². The van der Waals surface area contributed by atoms with Crippen molar-refractivity contribution in [1.82, 2.24) is 9.88 Å². The van der Waals surface area contributed by atoms with Gasteiger partial charge in [-0.15, -0.1) is 0 Å². The number of esters is 1. The molecule has 32 heavy (non-hydrogen) atoms. The van der Waals surface area contributed by atoms with Gasteiger partial charge in [-0.2, -0.15) is 0 Å². The van der Waals surface area contributed by atoms with Crippen molar-refractivity contribution in [2.75, 3.05) is 13.7 Å². The van der Waals surface area contributed by atoms with Gasteiger partial charge >= 0.3 is 5.97 Å². The molecule has 0 saturated heterocycles. The number of ether oxygens (including phenoxy) is 2. The maximum absolute atomic E-state index is 12.2. The van der Waals surface area contributed by atoms with Gasteiger partial charge < -0.3 is 14.4 Å². The molecular formula is C25H23BrN2O4. The highest BCUT2D eigenvalue weighted by Crippen LogP contribution is 2.17. The summed E-state index contributed by atoms with van der Waals surface area (Å²) in [5.74, 6) is -0.158. The van der Waals surface area contributed by atoms with E-state index in [0.29, 0.717) is 18.9 Å². The Morgan fingerprint density at radius 3 is 2.50 bits per heavy atom. The number of rotatable bonds is 9. The van der Waals surface area contributed by atoms with Gasteiger partial charge in [0.15, 0.2) is 6.61 Å². The van der Waals surface area contributed by atoms with Crippen molar-refractivity contribution < 1.29 is 19.1 Å². The van der Waals surface area contributed by atoms with Gasteiger partial charge in [0.05, 0.1) is 5.69 Å². The third-order valence-corrected chi connectivity index (χ3v) is 5.31. The molecule has 1 heterocycles. The van der Waals surface area contributed by atoms with Crippen LogP contribution in [0.1, 0.15) is 16.8 Å². The summed E-state index contributed by atoms with van der Waals surface area (Å²) in [6.07, 6.45) is 4.64. The molecule has 0 atom stereocenters. The van der Waals surface area contributed by atoms with Crippen molar-refractivity contribution >= 4 is 33.9 Å². The Hall–Kier alpha value is -3.45. The van der Waals surface area contributed by atoms with Gasteiger partial charge in [0, 0.05) is 30.3 Å². The number of halogens is 1. The molecule has 0 spiro atoms. The lowest BCUT2D eigenvalue weighted by molar-refractivity contribution is -0.147. The third-order valence-electron chi connectivity index (χ3n) is 4.53. The van der Waals surface area contributed by atoms with E-state index in [0.717, 1.165) is 21.3 Å². The molecule has 0 unspecified atom stereocenters. The monoisotopic (exact) mass is 494 g/mol. The molecule has 2 aromatic carbocycles. The Morgan fingerprint density at radius 1 is 1.03 bits per heavy atom. The van der Waals surface area contributed by atoms with Crippen LogP contribution in [0.2, 0.25) is 0 Å². The topological polar surface area (TPSA) is 68.7 Å². The second kappa shape index (κ2) is 11.8. The molecule has 0 saturated carbocycles. The van der Waals surface area contributed by atoms with E-state index in [1.165, 1.54) is 11.0 Å². The molecule has 0 aliphatic carbocycles. The van der Waals surface area contributed by atoms with E-state index in [1.54, 1.807) is 19.3 Å². The van der Waals surface area contributed by atoms with E-state index in [-0.39, 0.29) is 12.5 Å². The Labute approximate surface area is 195 Å². The Kier molecular flexibility index (Phi) is 8.57. The molecule has 7 heteroatoms. The molecule has 6 nitrogen and oxygen atoms in total. The highest BCUT2D eigenvalue weighted by Gasteiger charge is 2.12. The summed E-state index contributed by atoms with van der Waals surface area (Å²) in [5.41, 5.74) is 2.63.